The third-order valence-electron chi connectivity index (χ3n) is 4.49. The molecule has 0 radical (unpaired) electrons. The molecule has 1 aromatic heterocycles. The molecule has 0 atom stereocenters. The van der Waals surface area contributed by atoms with E-state index in [4.69, 9.17) is 14.7 Å². The van der Waals surface area contributed by atoms with Crippen molar-refractivity contribution in [3.05, 3.63) is 29.6 Å². The zero-order chi connectivity index (χ0) is 21.6. The lowest BCUT2D eigenvalue weighted by Gasteiger charge is -2.20. The fraction of sp³-hybridized carbons (Fsp3) is 0.500. The molecule has 5 nitrogen and oxygen atoms in total. The van der Waals surface area contributed by atoms with Crippen LogP contribution in [0.3, 0.4) is 0 Å². The lowest BCUT2D eigenvalue weighted by molar-refractivity contribution is -0.274. The van der Waals surface area contributed by atoms with Gasteiger partial charge < -0.3 is 14.8 Å². The van der Waals surface area contributed by atoms with E-state index in [0.29, 0.717) is 28.1 Å². The van der Waals surface area contributed by atoms with Gasteiger partial charge in [-0.3, -0.25) is 0 Å². The largest absolute Gasteiger partial charge is 0.573 e. The van der Waals surface area contributed by atoms with Crippen LogP contribution in [0.5, 0.6) is 11.5 Å². The van der Waals surface area contributed by atoms with Crippen LogP contribution in [0.2, 0.25) is 0 Å². The number of nitrogens with zero attached hydrogens (tertiary/aromatic N) is 2. The Morgan fingerprint density at radius 1 is 1.10 bits per heavy atom. The third kappa shape index (κ3) is 6.10. The minimum Gasteiger partial charge on any atom is -0.496 e. The van der Waals surface area contributed by atoms with Crippen LogP contribution in [0.1, 0.15) is 45.0 Å². The van der Waals surface area contributed by atoms with Crippen molar-refractivity contribution in [2.24, 2.45) is 0 Å². The summed E-state index contributed by atoms with van der Waals surface area (Å²) in [5.41, 5.74) is 2.71. The highest BCUT2D eigenvalue weighted by Gasteiger charge is 2.31. The van der Waals surface area contributed by atoms with E-state index in [1.807, 2.05) is 6.92 Å². The van der Waals surface area contributed by atoms with Crippen molar-refractivity contribution in [2.45, 2.75) is 56.9 Å². The molecule has 1 aromatic carbocycles. The van der Waals surface area contributed by atoms with Crippen LogP contribution >= 0.6 is 22.6 Å². The lowest BCUT2D eigenvalue weighted by Crippen LogP contribution is -2.20. The fourth-order valence-corrected chi connectivity index (χ4v) is 3.46. The molecule has 2 rings (SSSR count). The highest BCUT2D eigenvalue weighted by atomic mass is 127. The Labute approximate surface area is 182 Å². The van der Waals surface area contributed by atoms with Gasteiger partial charge in [0.15, 0.2) is 0 Å². The molecule has 0 aliphatic rings. The Balaban J connectivity index is 2.53. The van der Waals surface area contributed by atoms with Crippen LogP contribution in [0.25, 0.3) is 11.3 Å². The van der Waals surface area contributed by atoms with E-state index in [0.717, 1.165) is 30.0 Å². The number of aryl methyl sites for hydroxylation is 1. The molecule has 0 saturated heterocycles. The average Bonchev–Trinajstić information content (AvgIpc) is 2.70. The van der Waals surface area contributed by atoms with E-state index < -0.39 is 6.36 Å². The molecule has 2 aromatic rings. The number of methoxy groups -OCH3 is 1. The van der Waals surface area contributed by atoms with Crippen molar-refractivity contribution in [2.75, 3.05) is 12.4 Å². The first-order chi connectivity index (χ1) is 13.8. The summed E-state index contributed by atoms with van der Waals surface area (Å²) in [6, 6.07) is 4.29. The van der Waals surface area contributed by atoms with Crippen LogP contribution in [-0.2, 0) is 10.8 Å². The van der Waals surface area contributed by atoms with Crippen molar-refractivity contribution >= 4 is 28.4 Å². The number of hydrogen-bond donors (Lipinski definition) is 1. The summed E-state index contributed by atoms with van der Waals surface area (Å²) in [5, 5.41) is 3.46. The van der Waals surface area contributed by atoms with Crippen LogP contribution < -0.4 is 14.8 Å². The van der Waals surface area contributed by atoms with E-state index in [2.05, 4.69) is 46.5 Å². The first kappa shape index (κ1) is 23.5. The standard InChI is InChI=1S/C20H25F3IN3O2/c1-5-12(6-2)25-19-15(7-3)26-18(16(11-24)27-19)14-9-8-13(10-17(14)28-4)29-20(21,22)23/h8-10,12H,5-7,11H2,1-4H3,(H,25,27). The number of aromatic nitrogens is 2. The monoisotopic (exact) mass is 523 g/mol. The van der Waals surface area contributed by atoms with Gasteiger partial charge in [-0.25, -0.2) is 9.97 Å². The molecule has 160 valence electrons. The van der Waals surface area contributed by atoms with Gasteiger partial charge in [0.25, 0.3) is 0 Å². The topological polar surface area (TPSA) is 56.3 Å². The van der Waals surface area contributed by atoms with Crippen LogP contribution in [-0.4, -0.2) is 29.5 Å². The summed E-state index contributed by atoms with van der Waals surface area (Å²) in [5.74, 6) is 0.660. The predicted octanol–water partition coefficient (Wildman–Crippen LogP) is 6.15. The fourth-order valence-electron chi connectivity index (χ4n) is 2.93. The number of ether oxygens (including phenoxy) is 2. The second-order valence-corrected chi connectivity index (χ2v) is 7.13. The molecule has 1 heterocycles. The van der Waals surface area contributed by atoms with Crippen molar-refractivity contribution in [3.8, 4) is 22.8 Å². The Bertz CT molecular complexity index is 827. The second kappa shape index (κ2) is 10.3. The molecule has 29 heavy (non-hydrogen) atoms. The van der Waals surface area contributed by atoms with Crippen LogP contribution in [0.15, 0.2) is 18.2 Å². The maximum Gasteiger partial charge on any atom is 0.573 e. The van der Waals surface area contributed by atoms with Gasteiger partial charge in [-0.05, 0) is 31.4 Å². The van der Waals surface area contributed by atoms with Gasteiger partial charge in [0.05, 0.1) is 24.2 Å². The zero-order valence-electron chi connectivity index (χ0n) is 16.9. The van der Waals surface area contributed by atoms with Gasteiger partial charge in [0, 0.05) is 22.1 Å². The first-order valence-electron chi connectivity index (χ1n) is 9.42. The summed E-state index contributed by atoms with van der Waals surface area (Å²) in [4.78, 5) is 9.58. The molecule has 0 unspecified atom stereocenters. The maximum atomic E-state index is 12.5. The quantitative estimate of drug-likeness (QED) is 0.316. The van der Waals surface area contributed by atoms with Crippen LogP contribution in [0, 0.1) is 0 Å². The number of nitrogens with one attached hydrogen (secondary N) is 1. The molecule has 0 amide bonds. The van der Waals surface area contributed by atoms with E-state index in [1.54, 1.807) is 0 Å². The molecule has 0 aliphatic heterocycles. The molecule has 0 fully saturated rings. The van der Waals surface area contributed by atoms with Gasteiger partial charge in [-0.2, -0.15) is 0 Å². The molecule has 0 saturated carbocycles. The molecule has 1 N–H and O–H groups in total. The molecule has 0 bridgehead atoms. The van der Waals surface area contributed by atoms with Gasteiger partial charge >= 0.3 is 6.36 Å². The smallest absolute Gasteiger partial charge is 0.496 e. The number of hydrogen-bond acceptors (Lipinski definition) is 5. The van der Waals surface area contributed by atoms with E-state index in [9.17, 15) is 13.2 Å². The Hall–Kier alpha value is -1.78. The Kier molecular flexibility index (Phi) is 8.35. The summed E-state index contributed by atoms with van der Waals surface area (Å²) in [6.07, 6.45) is -2.16. The minimum absolute atomic E-state index is 0.245. The summed E-state index contributed by atoms with van der Waals surface area (Å²) in [6.45, 7) is 6.22. The number of anilines is 1. The second-order valence-electron chi connectivity index (χ2n) is 6.37. The zero-order valence-corrected chi connectivity index (χ0v) is 19.0. The summed E-state index contributed by atoms with van der Waals surface area (Å²) < 4.78 is 47.5. The summed E-state index contributed by atoms with van der Waals surface area (Å²) in [7, 11) is 1.40. The molecular weight excluding hydrogens is 498 g/mol. The summed E-state index contributed by atoms with van der Waals surface area (Å²) >= 11 is 2.20. The maximum absolute atomic E-state index is 12.5. The normalized spacial score (nSPS) is 11.6. The highest BCUT2D eigenvalue weighted by Crippen LogP contribution is 2.37. The number of halogens is 4. The number of alkyl halides is 4. The molecule has 9 heteroatoms. The van der Waals surface area contributed by atoms with Gasteiger partial charge in [-0.1, -0.05) is 43.4 Å². The molecule has 0 spiro atoms. The van der Waals surface area contributed by atoms with E-state index in [-0.39, 0.29) is 11.5 Å². The first-order valence-corrected chi connectivity index (χ1v) is 10.9. The lowest BCUT2D eigenvalue weighted by atomic mass is 10.1. The number of benzene rings is 1. The van der Waals surface area contributed by atoms with E-state index in [1.165, 1.54) is 25.3 Å². The van der Waals surface area contributed by atoms with Crippen molar-refractivity contribution in [1.82, 2.24) is 9.97 Å². The SMILES string of the molecule is CCc1nc(-c2ccc(OC(F)(F)F)cc2OC)c(CI)nc1NC(CC)CC. The van der Waals surface area contributed by atoms with Crippen molar-refractivity contribution in [3.63, 3.8) is 0 Å². The highest BCUT2D eigenvalue weighted by molar-refractivity contribution is 14.1. The molecule has 0 aliphatic carbocycles. The van der Waals surface area contributed by atoms with Gasteiger partial charge in [0.1, 0.15) is 17.3 Å². The predicted molar refractivity (Wildman–Crippen MR) is 116 cm³/mol. The molecular formula is C20H25F3IN3O2. The van der Waals surface area contributed by atoms with Crippen molar-refractivity contribution < 1.29 is 22.6 Å². The third-order valence-corrected chi connectivity index (χ3v) is 5.21. The average molecular weight is 523 g/mol. The Morgan fingerprint density at radius 2 is 1.79 bits per heavy atom. The minimum atomic E-state index is -4.77. The van der Waals surface area contributed by atoms with E-state index >= 15 is 0 Å². The van der Waals surface area contributed by atoms with Gasteiger partial charge in [0.2, 0.25) is 0 Å². The van der Waals surface area contributed by atoms with Crippen molar-refractivity contribution in [1.29, 1.82) is 0 Å². The number of rotatable bonds is 9. The van der Waals surface area contributed by atoms with Crippen LogP contribution in [0.4, 0.5) is 19.0 Å². The Morgan fingerprint density at radius 3 is 2.31 bits per heavy atom. The van der Waals surface area contributed by atoms with Gasteiger partial charge in [-0.15, -0.1) is 13.2 Å².